The van der Waals surface area contributed by atoms with Crippen LogP contribution in [0.3, 0.4) is 0 Å². The summed E-state index contributed by atoms with van der Waals surface area (Å²) in [4.78, 5) is 32.6. The molecule has 0 spiro atoms. The Bertz CT molecular complexity index is 1710. The number of nitrogens with one attached hydrogen (secondary N) is 2. The van der Waals surface area contributed by atoms with Crippen molar-refractivity contribution in [3.63, 3.8) is 0 Å². The Labute approximate surface area is 284 Å². The van der Waals surface area contributed by atoms with E-state index in [2.05, 4.69) is 88.6 Å². The highest BCUT2D eigenvalue weighted by Crippen LogP contribution is 2.55. The third-order valence-corrected chi connectivity index (χ3v) is 9.72. The van der Waals surface area contributed by atoms with Gasteiger partial charge in [0, 0.05) is 11.1 Å². The smallest absolute Gasteiger partial charge is 0.322 e. The zero-order chi connectivity index (χ0) is 34.5. The van der Waals surface area contributed by atoms with E-state index < -0.39 is 11.3 Å². The number of methoxy groups -OCH3 is 2. The van der Waals surface area contributed by atoms with E-state index in [0.29, 0.717) is 0 Å². The molecule has 0 unspecified atom stereocenters. The Hall–Kier alpha value is -4.98. The predicted molar refractivity (Wildman–Crippen MR) is 188 cm³/mol. The molecule has 0 bridgehead atoms. The molecule has 48 heavy (non-hydrogen) atoms. The third-order valence-electron chi connectivity index (χ3n) is 9.72. The lowest BCUT2D eigenvalue weighted by molar-refractivity contribution is -0.0216. The van der Waals surface area contributed by atoms with Gasteiger partial charge >= 0.3 is 12.1 Å². The lowest BCUT2D eigenvalue weighted by Crippen LogP contribution is -2.62. The third kappa shape index (κ3) is 5.43. The molecule has 2 heterocycles. The number of carbonyl (C=O) groups excluding carboxylic acids is 2. The van der Waals surface area contributed by atoms with Crippen LogP contribution in [-0.2, 0) is 35.2 Å². The zero-order valence-electron chi connectivity index (χ0n) is 29.2. The maximum Gasteiger partial charge on any atom is 0.322 e. The van der Waals surface area contributed by atoms with Gasteiger partial charge in [0.25, 0.3) is 0 Å². The lowest BCUT2D eigenvalue weighted by Gasteiger charge is -2.47. The van der Waals surface area contributed by atoms with Crippen LogP contribution in [0, 0.1) is 0 Å². The van der Waals surface area contributed by atoms with Crippen LogP contribution in [0.4, 0.5) is 9.59 Å². The van der Waals surface area contributed by atoms with Crippen molar-refractivity contribution in [2.75, 3.05) is 14.2 Å². The first-order valence-electron chi connectivity index (χ1n) is 16.4. The van der Waals surface area contributed by atoms with Gasteiger partial charge in [-0.05, 0) is 57.3 Å². The quantitative estimate of drug-likeness (QED) is 0.205. The molecule has 2 aliphatic rings. The summed E-state index contributed by atoms with van der Waals surface area (Å²) in [5.74, 6) is 1.45. The van der Waals surface area contributed by atoms with E-state index in [1.54, 1.807) is 24.0 Å². The summed E-state index contributed by atoms with van der Waals surface area (Å²) in [6.45, 7) is 13.5. The van der Waals surface area contributed by atoms with Crippen LogP contribution in [-0.4, -0.2) is 36.1 Å². The second-order valence-corrected chi connectivity index (χ2v) is 14.8. The number of benzene rings is 4. The minimum atomic E-state index is -1.32. The van der Waals surface area contributed by atoms with Crippen molar-refractivity contribution in [1.29, 1.82) is 0 Å². The van der Waals surface area contributed by atoms with Gasteiger partial charge in [0.1, 0.15) is 11.5 Å². The molecule has 6 rings (SSSR count). The van der Waals surface area contributed by atoms with Gasteiger partial charge in [-0.3, -0.25) is 9.80 Å². The van der Waals surface area contributed by atoms with E-state index in [1.807, 2.05) is 60.7 Å². The molecule has 0 atom stereocenters. The van der Waals surface area contributed by atoms with Crippen LogP contribution in [0.2, 0.25) is 0 Å². The van der Waals surface area contributed by atoms with Crippen molar-refractivity contribution < 1.29 is 19.1 Å². The highest BCUT2D eigenvalue weighted by molar-refractivity contribution is 5.89. The van der Waals surface area contributed by atoms with Gasteiger partial charge in [-0.25, -0.2) is 9.59 Å². The van der Waals surface area contributed by atoms with Crippen molar-refractivity contribution in [2.24, 2.45) is 0 Å². The summed E-state index contributed by atoms with van der Waals surface area (Å²) in [6, 6.07) is 31.4. The number of ether oxygens (including phenoxy) is 2. The molecule has 2 fully saturated rings. The number of urea groups is 2. The number of rotatable bonds is 8. The molecule has 2 N–H and O–H groups in total. The van der Waals surface area contributed by atoms with Crippen LogP contribution in [0.5, 0.6) is 11.5 Å². The highest BCUT2D eigenvalue weighted by Gasteiger charge is 2.73. The molecule has 4 amide bonds. The van der Waals surface area contributed by atoms with Gasteiger partial charge < -0.3 is 20.1 Å². The molecule has 0 radical (unpaired) electrons. The Morgan fingerprint density at radius 3 is 1.23 bits per heavy atom. The van der Waals surface area contributed by atoms with Crippen molar-refractivity contribution in [3.8, 4) is 11.5 Å². The number of hydrogen-bond donors (Lipinski definition) is 2. The maximum absolute atomic E-state index is 14.5. The van der Waals surface area contributed by atoms with Crippen LogP contribution in [0.15, 0.2) is 97.1 Å². The van der Waals surface area contributed by atoms with Crippen LogP contribution >= 0.6 is 0 Å². The van der Waals surface area contributed by atoms with E-state index in [9.17, 15) is 9.59 Å². The molecular weight excluding hydrogens is 600 g/mol. The van der Waals surface area contributed by atoms with Gasteiger partial charge in [0.2, 0.25) is 0 Å². The van der Waals surface area contributed by atoms with Gasteiger partial charge in [-0.2, -0.15) is 0 Å². The van der Waals surface area contributed by atoms with Gasteiger partial charge in [-0.15, -0.1) is 0 Å². The summed E-state index contributed by atoms with van der Waals surface area (Å²) >= 11 is 0. The van der Waals surface area contributed by atoms with Gasteiger partial charge in [0.15, 0.2) is 11.3 Å². The standard InChI is InChI=1S/C40H46N4O4/c1-37(2,3)29-13-17-31(18-14-29)39-40(32-19-15-30(16-20-32)38(4,5)6,43(35(45)41-39)25-27-9-21-33(47-7)22-10-27)44(36(46)42-39)26-28-11-23-34(48-8)24-12-28/h9-24H,25-26H2,1-8H3,(H,41,45)(H,42,46). The second kappa shape index (κ2) is 11.9. The number of carbonyl (C=O) groups is 2. The fraction of sp³-hybridized carbons (Fsp3) is 0.350. The molecule has 0 saturated carbocycles. The van der Waals surface area contributed by atoms with Crippen LogP contribution < -0.4 is 20.1 Å². The Balaban J connectivity index is 1.61. The summed E-state index contributed by atoms with van der Waals surface area (Å²) < 4.78 is 10.8. The van der Waals surface area contributed by atoms with E-state index in [-0.39, 0.29) is 36.0 Å². The fourth-order valence-corrected chi connectivity index (χ4v) is 7.00. The van der Waals surface area contributed by atoms with Crippen LogP contribution in [0.25, 0.3) is 0 Å². The fourth-order valence-electron chi connectivity index (χ4n) is 7.00. The molecule has 8 heteroatoms. The van der Waals surface area contributed by atoms with E-state index >= 15 is 0 Å². The molecule has 4 aromatic carbocycles. The largest absolute Gasteiger partial charge is 0.497 e. The lowest BCUT2D eigenvalue weighted by atomic mass is 9.78. The first-order valence-corrected chi connectivity index (χ1v) is 16.4. The maximum atomic E-state index is 14.5. The minimum absolute atomic E-state index is 0.0747. The highest BCUT2D eigenvalue weighted by atomic mass is 16.5. The Morgan fingerprint density at radius 2 is 0.896 bits per heavy atom. The minimum Gasteiger partial charge on any atom is -0.497 e. The zero-order valence-corrected chi connectivity index (χ0v) is 29.2. The second-order valence-electron chi connectivity index (χ2n) is 14.8. The molecule has 250 valence electrons. The first-order chi connectivity index (χ1) is 22.7. The van der Waals surface area contributed by atoms with Gasteiger partial charge in [-0.1, -0.05) is 114 Å². The van der Waals surface area contributed by atoms with E-state index in [1.165, 1.54) is 0 Å². The van der Waals surface area contributed by atoms with Crippen molar-refractivity contribution in [3.05, 3.63) is 130 Å². The van der Waals surface area contributed by atoms with Crippen molar-refractivity contribution in [1.82, 2.24) is 20.4 Å². The number of amides is 4. The summed E-state index contributed by atoms with van der Waals surface area (Å²) in [7, 11) is 3.26. The van der Waals surface area contributed by atoms with Crippen molar-refractivity contribution >= 4 is 12.1 Å². The Morgan fingerprint density at radius 1 is 0.542 bits per heavy atom. The summed E-state index contributed by atoms with van der Waals surface area (Å²) in [6.07, 6.45) is 0. The van der Waals surface area contributed by atoms with Crippen LogP contribution in [0.1, 0.15) is 74.9 Å². The SMILES string of the molecule is COc1ccc(CN2C(=O)NC3(c4ccc(C(C)(C)C)cc4)NC(=O)N(Cc4ccc(OC)cc4)C23c2ccc(C(C)(C)C)cc2)cc1. The number of nitrogens with zero attached hydrogens (tertiary/aromatic N) is 2. The van der Waals surface area contributed by atoms with E-state index in [4.69, 9.17) is 9.47 Å². The summed E-state index contributed by atoms with van der Waals surface area (Å²) in [5, 5.41) is 6.63. The molecular formula is C40H46N4O4. The van der Waals surface area contributed by atoms with Crippen molar-refractivity contribution in [2.45, 2.75) is 76.8 Å². The molecule has 0 aliphatic carbocycles. The number of hydrogen-bond acceptors (Lipinski definition) is 4. The number of fused-ring (bicyclic) bond motifs is 1. The average Bonchev–Trinajstić information content (AvgIpc) is 3.45. The topological polar surface area (TPSA) is 83.1 Å². The average molecular weight is 647 g/mol. The normalized spacial score (nSPS) is 20.8. The molecule has 2 aliphatic heterocycles. The predicted octanol–water partition coefficient (Wildman–Crippen LogP) is 7.76. The molecule has 0 aromatic heterocycles. The van der Waals surface area contributed by atoms with Gasteiger partial charge in [0.05, 0.1) is 27.3 Å². The summed E-state index contributed by atoms with van der Waals surface area (Å²) in [5.41, 5.74) is 2.92. The first kappa shape index (κ1) is 32.9. The van der Waals surface area contributed by atoms with E-state index in [0.717, 1.165) is 44.9 Å². The monoisotopic (exact) mass is 646 g/mol. The molecule has 8 nitrogen and oxygen atoms in total. The Kier molecular flexibility index (Phi) is 8.18. The molecule has 4 aromatic rings. The molecule has 2 saturated heterocycles.